The predicted octanol–water partition coefficient (Wildman–Crippen LogP) is 0.668. The van der Waals surface area contributed by atoms with Gasteiger partial charge in [-0.05, 0) is 28.1 Å². The Balaban J connectivity index is 2.03. The van der Waals surface area contributed by atoms with E-state index in [1.165, 1.54) is 22.1 Å². The topological polar surface area (TPSA) is 105 Å². The van der Waals surface area contributed by atoms with Crippen LogP contribution >= 0.6 is 27.3 Å². The normalized spacial score (nSPS) is 24.8. The monoisotopic (exact) mass is 388 g/mol. The average Bonchev–Trinajstić information content (AvgIpc) is 3.05. The summed E-state index contributed by atoms with van der Waals surface area (Å²) in [7, 11) is 0. The molecule has 0 spiro atoms. The van der Waals surface area contributed by atoms with Gasteiger partial charge in [0.05, 0.1) is 22.1 Å². The summed E-state index contributed by atoms with van der Waals surface area (Å²) < 4.78 is 7.57. The second-order valence-corrected chi connectivity index (χ2v) is 7.39. The van der Waals surface area contributed by atoms with E-state index in [1.54, 1.807) is 6.07 Å². The first-order valence-electron chi connectivity index (χ1n) is 6.55. The molecule has 0 radical (unpaired) electrons. The van der Waals surface area contributed by atoms with Gasteiger partial charge in [-0.1, -0.05) is 0 Å². The molecule has 9 heteroatoms. The fraction of sp³-hybridized carbons (Fsp3) is 0.385. The molecule has 0 aromatic carbocycles. The molecular weight excluding hydrogens is 376 g/mol. The van der Waals surface area contributed by atoms with Gasteiger partial charge in [0.1, 0.15) is 12.3 Å². The highest BCUT2D eigenvalue weighted by atomic mass is 79.9. The Morgan fingerprint density at radius 2 is 2.23 bits per heavy atom. The van der Waals surface area contributed by atoms with E-state index in [0.29, 0.717) is 10.4 Å². The molecule has 22 heavy (non-hydrogen) atoms. The zero-order chi connectivity index (χ0) is 15.9. The van der Waals surface area contributed by atoms with Crippen molar-refractivity contribution < 1.29 is 14.9 Å². The number of halogens is 1. The van der Waals surface area contributed by atoms with E-state index in [-0.39, 0.29) is 13.0 Å². The molecular formula is C13H13BrN2O5S. The number of aliphatic hydroxyl groups excluding tert-OH is 2. The second-order valence-electron chi connectivity index (χ2n) is 4.93. The number of thiophene rings is 1. The van der Waals surface area contributed by atoms with E-state index in [0.717, 1.165) is 3.79 Å². The van der Waals surface area contributed by atoms with Crippen LogP contribution in [-0.2, 0) is 4.74 Å². The fourth-order valence-corrected chi connectivity index (χ4v) is 3.78. The number of ether oxygens (including phenoxy) is 1. The third-order valence-corrected chi connectivity index (χ3v) is 5.16. The van der Waals surface area contributed by atoms with E-state index in [1.807, 2.05) is 6.07 Å². The standard InChI is InChI=1S/C13H13BrN2O5S/c14-10-2-1-9(22-10)6-4-16(13(20)15-12(6)19)11-3-7(18)8(5-17)21-11/h1-2,4,7-8,11,17-18H,3,5H2,(H,15,19,20)/t7-,8+,11?/m0/s1. The first-order chi connectivity index (χ1) is 10.5. The van der Waals surface area contributed by atoms with E-state index in [2.05, 4.69) is 20.9 Å². The molecule has 1 saturated heterocycles. The zero-order valence-electron chi connectivity index (χ0n) is 11.2. The maximum Gasteiger partial charge on any atom is 0.330 e. The summed E-state index contributed by atoms with van der Waals surface area (Å²) in [5.41, 5.74) is -0.742. The van der Waals surface area contributed by atoms with Crippen molar-refractivity contribution in [3.63, 3.8) is 0 Å². The number of hydrogen-bond acceptors (Lipinski definition) is 6. The minimum Gasteiger partial charge on any atom is -0.394 e. The predicted molar refractivity (Wildman–Crippen MR) is 84.0 cm³/mol. The number of aromatic amines is 1. The highest BCUT2D eigenvalue weighted by Gasteiger charge is 2.35. The first kappa shape index (κ1) is 15.6. The molecule has 0 saturated carbocycles. The summed E-state index contributed by atoms with van der Waals surface area (Å²) in [5, 5.41) is 18.9. The van der Waals surface area contributed by atoms with Gasteiger partial charge in [-0.25, -0.2) is 4.79 Å². The highest BCUT2D eigenvalue weighted by molar-refractivity contribution is 9.11. The van der Waals surface area contributed by atoms with E-state index < -0.39 is 29.7 Å². The lowest BCUT2D eigenvalue weighted by atomic mass is 10.2. The zero-order valence-corrected chi connectivity index (χ0v) is 13.6. The largest absolute Gasteiger partial charge is 0.394 e. The molecule has 118 valence electrons. The molecule has 0 amide bonds. The minimum atomic E-state index is -0.854. The van der Waals surface area contributed by atoms with Gasteiger partial charge >= 0.3 is 5.69 Å². The van der Waals surface area contributed by atoms with Crippen molar-refractivity contribution in [3.05, 3.63) is 43.0 Å². The lowest BCUT2D eigenvalue weighted by Gasteiger charge is -2.15. The van der Waals surface area contributed by atoms with Crippen LogP contribution in [0.2, 0.25) is 0 Å². The Morgan fingerprint density at radius 1 is 1.45 bits per heavy atom. The van der Waals surface area contributed by atoms with Gasteiger partial charge in [0.15, 0.2) is 0 Å². The summed E-state index contributed by atoms with van der Waals surface area (Å²) >= 11 is 4.70. The second kappa shape index (κ2) is 6.09. The van der Waals surface area contributed by atoms with Crippen LogP contribution in [0.1, 0.15) is 12.6 Å². The van der Waals surface area contributed by atoms with Crippen LogP contribution in [0.15, 0.2) is 31.7 Å². The molecule has 0 aliphatic carbocycles. The van der Waals surface area contributed by atoms with E-state index >= 15 is 0 Å². The summed E-state index contributed by atoms with van der Waals surface area (Å²) in [6.45, 7) is -0.333. The summed E-state index contributed by atoms with van der Waals surface area (Å²) in [6.07, 6.45) is -0.712. The Bertz CT molecular complexity index is 798. The van der Waals surface area contributed by atoms with Crippen molar-refractivity contribution in [3.8, 4) is 10.4 Å². The van der Waals surface area contributed by atoms with Crippen LogP contribution in [0.4, 0.5) is 0 Å². The number of aromatic nitrogens is 2. The van der Waals surface area contributed by atoms with Gasteiger partial charge in [0.25, 0.3) is 5.56 Å². The van der Waals surface area contributed by atoms with Crippen LogP contribution in [-0.4, -0.2) is 38.6 Å². The molecule has 3 atom stereocenters. The molecule has 1 unspecified atom stereocenters. The van der Waals surface area contributed by atoms with Crippen molar-refractivity contribution in [2.75, 3.05) is 6.61 Å². The number of aliphatic hydroxyl groups is 2. The molecule has 1 fully saturated rings. The average molecular weight is 389 g/mol. The summed E-state index contributed by atoms with van der Waals surface area (Å²) in [6, 6.07) is 3.58. The van der Waals surface area contributed by atoms with Crippen molar-refractivity contribution >= 4 is 27.3 Å². The molecule has 1 aliphatic heterocycles. The van der Waals surface area contributed by atoms with Gasteiger partial charge in [-0.15, -0.1) is 11.3 Å². The maximum absolute atomic E-state index is 12.0. The van der Waals surface area contributed by atoms with Crippen molar-refractivity contribution in [1.82, 2.24) is 9.55 Å². The van der Waals surface area contributed by atoms with Gasteiger partial charge in [0, 0.05) is 17.5 Å². The van der Waals surface area contributed by atoms with Crippen LogP contribution in [0.3, 0.4) is 0 Å². The van der Waals surface area contributed by atoms with Crippen molar-refractivity contribution in [2.45, 2.75) is 24.9 Å². The molecule has 3 N–H and O–H groups in total. The lowest BCUT2D eigenvalue weighted by Crippen LogP contribution is -2.33. The van der Waals surface area contributed by atoms with Gasteiger partial charge in [0.2, 0.25) is 0 Å². The molecule has 7 nitrogen and oxygen atoms in total. The Labute approximate surface area is 136 Å². The van der Waals surface area contributed by atoms with E-state index in [4.69, 9.17) is 9.84 Å². The highest BCUT2D eigenvalue weighted by Crippen LogP contribution is 2.31. The van der Waals surface area contributed by atoms with E-state index in [9.17, 15) is 14.7 Å². The van der Waals surface area contributed by atoms with Crippen LogP contribution in [0.25, 0.3) is 10.4 Å². The molecule has 2 aromatic heterocycles. The van der Waals surface area contributed by atoms with Gasteiger partial charge in [-0.2, -0.15) is 0 Å². The number of H-pyrrole nitrogens is 1. The van der Waals surface area contributed by atoms with Gasteiger partial charge in [-0.3, -0.25) is 14.3 Å². The first-order valence-corrected chi connectivity index (χ1v) is 8.16. The third kappa shape index (κ3) is 2.82. The van der Waals surface area contributed by atoms with Crippen LogP contribution < -0.4 is 11.2 Å². The maximum atomic E-state index is 12.0. The van der Waals surface area contributed by atoms with Gasteiger partial charge < -0.3 is 14.9 Å². The number of nitrogens with zero attached hydrogens (tertiary/aromatic N) is 1. The molecule has 3 rings (SSSR count). The molecule has 0 bridgehead atoms. The number of nitrogens with one attached hydrogen (secondary N) is 1. The molecule has 2 aromatic rings. The molecule has 1 aliphatic rings. The van der Waals surface area contributed by atoms with Crippen molar-refractivity contribution in [2.24, 2.45) is 0 Å². The quantitative estimate of drug-likeness (QED) is 0.716. The lowest BCUT2D eigenvalue weighted by molar-refractivity contribution is -0.0458. The smallest absolute Gasteiger partial charge is 0.330 e. The number of rotatable bonds is 3. The Hall–Kier alpha value is -1.26. The van der Waals surface area contributed by atoms with Crippen LogP contribution in [0.5, 0.6) is 0 Å². The van der Waals surface area contributed by atoms with Crippen LogP contribution in [0, 0.1) is 0 Å². The third-order valence-electron chi connectivity index (χ3n) is 3.50. The SMILES string of the molecule is O=c1[nH]c(=O)n(C2C[C@H](O)[C@@H](CO)O2)cc1-c1ccc(Br)s1. The fourth-order valence-electron chi connectivity index (χ4n) is 2.38. The number of hydrogen-bond donors (Lipinski definition) is 3. The minimum absolute atomic E-state index is 0.171. The molecule has 3 heterocycles. The summed E-state index contributed by atoms with van der Waals surface area (Å²) in [4.78, 5) is 27.0. The Kier molecular flexibility index (Phi) is 4.33. The summed E-state index contributed by atoms with van der Waals surface area (Å²) in [5.74, 6) is 0. The Morgan fingerprint density at radius 3 is 2.82 bits per heavy atom. The van der Waals surface area contributed by atoms with Crippen molar-refractivity contribution in [1.29, 1.82) is 0 Å².